The quantitative estimate of drug-likeness (QED) is 0.517. The minimum Gasteiger partial charge on any atom is -0.414 e. The van der Waals surface area contributed by atoms with E-state index >= 15 is 0 Å². The maximum absolute atomic E-state index is 12.4. The number of nitrogen functional groups attached to an aromatic ring is 1. The standard InChI is InChI=1S/C24H31N7O3S.2H2/c1-4-5-17-6-8-18(9-7-17)22-28-29-23(34-22)20-21(25)26-12-19(27-20)30-11-10-24(13-30)14-31(15-24)35(32,33)16(2)3;;/h6-9,12,16H,4-5,10-11,13-15H2,1-3H3,(H2,25,26);2*1H. The van der Waals surface area contributed by atoms with Gasteiger partial charge in [-0.3, -0.25) is 0 Å². The van der Waals surface area contributed by atoms with E-state index in [1.165, 1.54) is 5.56 Å². The smallest absolute Gasteiger partial charge is 0.270 e. The summed E-state index contributed by atoms with van der Waals surface area (Å²) in [5, 5.41) is 7.94. The van der Waals surface area contributed by atoms with E-state index < -0.39 is 15.3 Å². The van der Waals surface area contributed by atoms with E-state index in [2.05, 4.69) is 39.1 Å². The number of nitrogens with zero attached hydrogens (tertiary/aromatic N) is 6. The molecule has 0 radical (unpaired) electrons. The normalized spacial score (nSPS) is 17.9. The molecule has 2 fully saturated rings. The lowest BCUT2D eigenvalue weighted by Crippen LogP contribution is -2.60. The summed E-state index contributed by atoms with van der Waals surface area (Å²) in [5.74, 6) is 1.50. The number of hydrogen-bond donors (Lipinski definition) is 1. The van der Waals surface area contributed by atoms with E-state index in [9.17, 15) is 8.42 Å². The van der Waals surface area contributed by atoms with E-state index in [-0.39, 0.29) is 20.0 Å². The molecule has 10 nitrogen and oxygen atoms in total. The van der Waals surface area contributed by atoms with Crippen molar-refractivity contribution in [2.75, 3.05) is 36.8 Å². The number of sulfonamides is 1. The first-order valence-electron chi connectivity index (χ1n) is 12.0. The number of aryl methyl sites for hydroxylation is 1. The fraction of sp³-hybridized carbons (Fsp3) is 0.500. The van der Waals surface area contributed by atoms with Crippen LogP contribution in [-0.4, -0.2) is 64.3 Å². The maximum atomic E-state index is 12.4. The molecule has 2 N–H and O–H groups in total. The fourth-order valence-electron chi connectivity index (χ4n) is 4.81. The summed E-state index contributed by atoms with van der Waals surface area (Å²) < 4.78 is 32.4. The summed E-state index contributed by atoms with van der Waals surface area (Å²) in [5.41, 5.74) is 8.51. The summed E-state index contributed by atoms with van der Waals surface area (Å²) in [6.45, 7) is 8.17. The van der Waals surface area contributed by atoms with E-state index in [0.29, 0.717) is 37.0 Å². The van der Waals surface area contributed by atoms with E-state index in [0.717, 1.165) is 31.4 Å². The van der Waals surface area contributed by atoms with Crippen molar-refractivity contribution in [3.8, 4) is 23.0 Å². The Morgan fingerprint density at radius 3 is 2.54 bits per heavy atom. The third kappa shape index (κ3) is 4.38. The second-order valence-electron chi connectivity index (χ2n) is 9.85. The molecule has 2 saturated heterocycles. The average Bonchev–Trinajstić information content (AvgIpc) is 3.47. The van der Waals surface area contributed by atoms with Gasteiger partial charge in [-0.05, 0) is 44.4 Å². The summed E-state index contributed by atoms with van der Waals surface area (Å²) >= 11 is 0. The number of aromatic nitrogens is 4. The van der Waals surface area contributed by atoms with Crippen LogP contribution in [0.1, 0.15) is 42.0 Å². The molecule has 2 aromatic heterocycles. The van der Waals surface area contributed by atoms with Crippen molar-refractivity contribution in [3.63, 3.8) is 0 Å². The van der Waals surface area contributed by atoms with Crippen molar-refractivity contribution in [1.82, 2.24) is 24.5 Å². The molecular formula is C24H35N7O3S. The van der Waals surface area contributed by atoms with Gasteiger partial charge in [0, 0.05) is 40.0 Å². The predicted octanol–water partition coefficient (Wildman–Crippen LogP) is 3.47. The van der Waals surface area contributed by atoms with Crippen LogP contribution >= 0.6 is 0 Å². The first-order chi connectivity index (χ1) is 16.7. The van der Waals surface area contributed by atoms with Crippen LogP contribution in [0.5, 0.6) is 0 Å². The van der Waals surface area contributed by atoms with Crippen LogP contribution in [0.3, 0.4) is 0 Å². The molecule has 1 spiro atoms. The molecule has 2 aliphatic rings. The Morgan fingerprint density at radius 1 is 1.14 bits per heavy atom. The van der Waals surface area contributed by atoms with Crippen molar-refractivity contribution in [2.45, 2.75) is 45.3 Å². The molecule has 0 bridgehead atoms. The van der Waals surface area contributed by atoms with Gasteiger partial charge >= 0.3 is 0 Å². The van der Waals surface area contributed by atoms with E-state index in [1.54, 1.807) is 24.3 Å². The Labute approximate surface area is 208 Å². The Kier molecular flexibility index (Phi) is 6.00. The van der Waals surface area contributed by atoms with Crippen molar-refractivity contribution >= 4 is 21.7 Å². The van der Waals surface area contributed by atoms with E-state index in [4.69, 9.17) is 15.1 Å². The number of rotatable bonds is 7. The van der Waals surface area contributed by atoms with Crippen molar-refractivity contribution in [3.05, 3.63) is 36.0 Å². The minimum absolute atomic E-state index is 0. The molecule has 11 heteroatoms. The van der Waals surface area contributed by atoms with Gasteiger partial charge in [0.2, 0.25) is 15.9 Å². The van der Waals surface area contributed by atoms with Crippen LogP contribution in [0.4, 0.5) is 11.6 Å². The number of anilines is 2. The van der Waals surface area contributed by atoms with Crippen LogP contribution in [0, 0.1) is 5.41 Å². The number of hydrogen-bond acceptors (Lipinski definition) is 9. The fourth-order valence-corrected chi connectivity index (χ4v) is 6.31. The van der Waals surface area contributed by atoms with Gasteiger partial charge in [0.1, 0.15) is 5.82 Å². The highest BCUT2D eigenvalue weighted by Gasteiger charge is 2.52. The Hall–Kier alpha value is -3.05. The summed E-state index contributed by atoms with van der Waals surface area (Å²) in [6, 6.07) is 8.07. The zero-order chi connectivity index (χ0) is 24.8. The topological polar surface area (TPSA) is 131 Å². The molecule has 2 aliphatic heterocycles. The van der Waals surface area contributed by atoms with Crippen LogP contribution in [0.15, 0.2) is 34.9 Å². The van der Waals surface area contributed by atoms with Crippen molar-refractivity contribution in [1.29, 1.82) is 0 Å². The lowest BCUT2D eigenvalue weighted by atomic mass is 9.81. The summed E-state index contributed by atoms with van der Waals surface area (Å²) in [7, 11) is -3.22. The minimum atomic E-state index is -3.22. The predicted molar refractivity (Wildman–Crippen MR) is 138 cm³/mol. The van der Waals surface area contributed by atoms with Crippen LogP contribution in [-0.2, 0) is 16.4 Å². The zero-order valence-corrected chi connectivity index (χ0v) is 21.1. The molecule has 35 heavy (non-hydrogen) atoms. The lowest BCUT2D eigenvalue weighted by Gasteiger charge is -2.47. The van der Waals surface area contributed by atoms with Gasteiger partial charge in [0.05, 0.1) is 11.4 Å². The molecule has 1 aromatic carbocycles. The molecule has 0 saturated carbocycles. The van der Waals surface area contributed by atoms with Crippen molar-refractivity contribution < 1.29 is 15.7 Å². The lowest BCUT2D eigenvalue weighted by molar-refractivity contribution is 0.0928. The van der Waals surface area contributed by atoms with Crippen molar-refractivity contribution in [2.24, 2.45) is 5.41 Å². The Balaban J connectivity index is 0.00000190. The monoisotopic (exact) mass is 501 g/mol. The molecule has 0 amide bonds. The first kappa shape index (κ1) is 23.7. The van der Waals surface area contributed by atoms with Crippen LogP contribution < -0.4 is 10.6 Å². The van der Waals surface area contributed by atoms with Gasteiger partial charge < -0.3 is 15.1 Å². The molecule has 0 aliphatic carbocycles. The Bertz CT molecular complexity index is 1330. The molecule has 0 unspecified atom stereocenters. The molecule has 190 valence electrons. The maximum Gasteiger partial charge on any atom is 0.270 e. The summed E-state index contributed by atoms with van der Waals surface area (Å²) in [4.78, 5) is 11.1. The van der Waals surface area contributed by atoms with Gasteiger partial charge in [0.15, 0.2) is 11.5 Å². The molecule has 3 aromatic rings. The third-order valence-corrected chi connectivity index (χ3v) is 9.07. The largest absolute Gasteiger partial charge is 0.414 e. The summed E-state index contributed by atoms with van der Waals surface area (Å²) in [6.07, 6.45) is 4.66. The first-order valence-corrected chi connectivity index (χ1v) is 13.5. The number of benzene rings is 1. The second-order valence-corrected chi connectivity index (χ2v) is 12.3. The van der Waals surface area contributed by atoms with Gasteiger partial charge in [-0.2, -0.15) is 0 Å². The molecular weight excluding hydrogens is 466 g/mol. The zero-order valence-electron chi connectivity index (χ0n) is 20.3. The highest BCUT2D eigenvalue weighted by Crippen LogP contribution is 2.43. The van der Waals surface area contributed by atoms with Gasteiger partial charge in [-0.1, -0.05) is 25.5 Å². The Morgan fingerprint density at radius 2 is 1.86 bits per heavy atom. The van der Waals surface area contributed by atoms with Gasteiger partial charge in [-0.15, -0.1) is 10.2 Å². The highest BCUT2D eigenvalue weighted by molar-refractivity contribution is 7.89. The molecule has 0 atom stereocenters. The average molecular weight is 502 g/mol. The second kappa shape index (κ2) is 8.87. The van der Waals surface area contributed by atoms with Gasteiger partial charge in [0.25, 0.3) is 5.89 Å². The number of nitrogens with two attached hydrogens (primary N) is 1. The van der Waals surface area contributed by atoms with E-state index in [1.807, 2.05) is 12.1 Å². The SMILES string of the molecule is CCCc1ccc(-c2nnc(-c3nc(N4CCC5(C4)CN(S(=O)(=O)C(C)C)C5)cnc3N)o2)cc1.[HH].[HH]. The molecule has 4 heterocycles. The van der Waals surface area contributed by atoms with Gasteiger partial charge in [-0.25, -0.2) is 22.7 Å². The van der Waals surface area contributed by atoms with Crippen LogP contribution in [0.2, 0.25) is 0 Å². The molecule has 5 rings (SSSR count). The third-order valence-electron chi connectivity index (χ3n) is 6.90. The highest BCUT2D eigenvalue weighted by atomic mass is 32.2. The van der Waals surface area contributed by atoms with Crippen LogP contribution in [0.25, 0.3) is 23.0 Å².